The van der Waals surface area contributed by atoms with E-state index in [1.807, 2.05) is 6.07 Å². The van der Waals surface area contributed by atoms with Crippen molar-refractivity contribution < 1.29 is 13.5 Å². The van der Waals surface area contributed by atoms with Gasteiger partial charge in [-0.3, -0.25) is 0 Å². The van der Waals surface area contributed by atoms with Gasteiger partial charge < -0.3 is 4.74 Å². The number of rotatable bonds is 3. The molecule has 1 aromatic rings. The van der Waals surface area contributed by atoms with Gasteiger partial charge in [-0.05, 0) is 25.1 Å². The van der Waals surface area contributed by atoms with Crippen molar-refractivity contribution in [1.29, 1.82) is 5.26 Å². The molecular weight excluding hydrogens is 268 g/mol. The first kappa shape index (κ1) is 11.9. The van der Waals surface area contributed by atoms with Gasteiger partial charge in [0.05, 0.1) is 5.56 Å². The van der Waals surface area contributed by atoms with Gasteiger partial charge in [0.25, 0.3) is 6.43 Å². The Bertz CT molecular complexity index is 389. The fourth-order valence-electron chi connectivity index (χ4n) is 0.938. The summed E-state index contributed by atoms with van der Waals surface area (Å²) in [6.07, 6.45) is -3.80. The molecule has 80 valence electrons. The van der Waals surface area contributed by atoms with Crippen LogP contribution < -0.4 is 4.74 Å². The van der Waals surface area contributed by atoms with Gasteiger partial charge in [0.15, 0.2) is 6.10 Å². The second-order valence-corrected chi connectivity index (χ2v) is 3.83. The molecule has 0 saturated carbocycles. The van der Waals surface area contributed by atoms with Crippen LogP contribution in [0.3, 0.4) is 0 Å². The fourth-order valence-corrected chi connectivity index (χ4v) is 1.28. The molecule has 0 saturated heterocycles. The van der Waals surface area contributed by atoms with Crippen molar-refractivity contribution in [1.82, 2.24) is 0 Å². The van der Waals surface area contributed by atoms with Crippen LogP contribution >= 0.6 is 15.9 Å². The predicted octanol–water partition coefficient (Wildman–Crippen LogP) is 3.35. The zero-order valence-electron chi connectivity index (χ0n) is 7.88. The van der Waals surface area contributed by atoms with Gasteiger partial charge in [0.1, 0.15) is 11.8 Å². The molecule has 0 fully saturated rings. The second kappa shape index (κ2) is 5.08. The Hall–Kier alpha value is -1.15. The van der Waals surface area contributed by atoms with E-state index < -0.39 is 12.5 Å². The summed E-state index contributed by atoms with van der Waals surface area (Å²) >= 11 is 3.18. The molecule has 1 atom stereocenters. The number of nitrogens with zero attached hydrogens (tertiary/aromatic N) is 1. The molecule has 0 spiro atoms. The molecule has 0 aliphatic carbocycles. The number of halogens is 3. The monoisotopic (exact) mass is 275 g/mol. The Morgan fingerprint density at radius 2 is 2.13 bits per heavy atom. The summed E-state index contributed by atoms with van der Waals surface area (Å²) in [7, 11) is 0. The Kier molecular flexibility index (Phi) is 4.04. The number of benzene rings is 1. The summed E-state index contributed by atoms with van der Waals surface area (Å²) in [5.41, 5.74) is 0.241. The Morgan fingerprint density at radius 3 is 2.67 bits per heavy atom. The lowest BCUT2D eigenvalue weighted by molar-refractivity contribution is 0.0224. The van der Waals surface area contributed by atoms with E-state index >= 15 is 0 Å². The predicted molar refractivity (Wildman–Crippen MR) is 55.0 cm³/mol. The van der Waals surface area contributed by atoms with Crippen LogP contribution in [0.5, 0.6) is 5.75 Å². The number of nitriles is 1. The van der Waals surface area contributed by atoms with Crippen LogP contribution in [0.2, 0.25) is 0 Å². The van der Waals surface area contributed by atoms with Gasteiger partial charge in [-0.2, -0.15) is 5.26 Å². The van der Waals surface area contributed by atoms with E-state index in [0.717, 1.165) is 0 Å². The van der Waals surface area contributed by atoms with Crippen LogP contribution in [0.4, 0.5) is 8.78 Å². The molecule has 2 nitrogen and oxygen atoms in total. The first-order chi connectivity index (χ1) is 7.04. The van der Waals surface area contributed by atoms with Gasteiger partial charge in [-0.25, -0.2) is 8.78 Å². The lowest BCUT2D eigenvalue weighted by atomic mass is 10.2. The summed E-state index contributed by atoms with van der Waals surface area (Å²) < 4.78 is 30.1. The molecule has 1 aromatic carbocycles. The number of hydrogen-bond acceptors (Lipinski definition) is 2. The van der Waals surface area contributed by atoms with Gasteiger partial charge in [-0.15, -0.1) is 0 Å². The highest BCUT2D eigenvalue weighted by molar-refractivity contribution is 9.10. The topological polar surface area (TPSA) is 33.0 Å². The maximum absolute atomic E-state index is 12.2. The standard InChI is InChI=1S/C10H8BrF2NO/c1-6(10(12)13)15-9-4-8(11)3-2-7(9)5-14/h2-4,6,10H,1H3. The van der Waals surface area contributed by atoms with E-state index in [1.54, 1.807) is 6.07 Å². The maximum Gasteiger partial charge on any atom is 0.274 e. The fraction of sp³-hybridized carbons (Fsp3) is 0.300. The van der Waals surface area contributed by atoms with Gasteiger partial charge in [0, 0.05) is 4.47 Å². The second-order valence-electron chi connectivity index (χ2n) is 2.91. The van der Waals surface area contributed by atoms with E-state index in [-0.39, 0.29) is 11.3 Å². The minimum Gasteiger partial charge on any atom is -0.483 e. The van der Waals surface area contributed by atoms with Crippen LogP contribution in [0.15, 0.2) is 22.7 Å². The lowest BCUT2D eigenvalue weighted by Crippen LogP contribution is -2.21. The third-order valence-corrected chi connectivity index (χ3v) is 2.23. The normalized spacial score (nSPS) is 12.3. The summed E-state index contributed by atoms with van der Waals surface area (Å²) in [6.45, 7) is 1.26. The Labute approximate surface area is 94.6 Å². The van der Waals surface area contributed by atoms with E-state index in [9.17, 15) is 8.78 Å². The summed E-state index contributed by atoms with van der Waals surface area (Å²) in [5.74, 6) is 0.166. The molecule has 0 bridgehead atoms. The van der Waals surface area contributed by atoms with Crippen LogP contribution in [-0.4, -0.2) is 12.5 Å². The van der Waals surface area contributed by atoms with Gasteiger partial charge in [0.2, 0.25) is 0 Å². The summed E-state index contributed by atoms with van der Waals surface area (Å²) in [4.78, 5) is 0. The van der Waals surface area contributed by atoms with Crippen molar-refractivity contribution in [2.24, 2.45) is 0 Å². The largest absolute Gasteiger partial charge is 0.483 e. The highest BCUT2D eigenvalue weighted by Crippen LogP contribution is 2.25. The molecule has 0 aromatic heterocycles. The molecule has 0 N–H and O–H groups in total. The van der Waals surface area contributed by atoms with Crippen molar-refractivity contribution in [2.75, 3.05) is 0 Å². The maximum atomic E-state index is 12.2. The zero-order chi connectivity index (χ0) is 11.4. The van der Waals surface area contributed by atoms with Crippen LogP contribution in [0, 0.1) is 11.3 Å². The number of hydrogen-bond donors (Lipinski definition) is 0. The molecule has 5 heteroatoms. The van der Waals surface area contributed by atoms with E-state index in [0.29, 0.717) is 4.47 Å². The SMILES string of the molecule is CC(Oc1cc(Br)ccc1C#N)C(F)F. The van der Waals surface area contributed by atoms with Crippen LogP contribution in [-0.2, 0) is 0 Å². The van der Waals surface area contributed by atoms with Crippen molar-refractivity contribution in [3.63, 3.8) is 0 Å². The molecule has 0 heterocycles. The smallest absolute Gasteiger partial charge is 0.274 e. The van der Waals surface area contributed by atoms with Crippen LogP contribution in [0.1, 0.15) is 12.5 Å². The van der Waals surface area contributed by atoms with Crippen molar-refractivity contribution in [2.45, 2.75) is 19.5 Å². The first-order valence-corrected chi connectivity index (χ1v) is 4.98. The van der Waals surface area contributed by atoms with Crippen molar-refractivity contribution in [3.8, 4) is 11.8 Å². The molecule has 0 amide bonds. The highest BCUT2D eigenvalue weighted by Gasteiger charge is 2.17. The minimum absolute atomic E-state index is 0.166. The van der Waals surface area contributed by atoms with Crippen LogP contribution in [0.25, 0.3) is 0 Å². The van der Waals surface area contributed by atoms with Gasteiger partial charge >= 0.3 is 0 Å². The molecule has 0 aliphatic rings. The van der Waals surface area contributed by atoms with E-state index in [2.05, 4.69) is 15.9 Å². The molecule has 1 unspecified atom stereocenters. The Morgan fingerprint density at radius 1 is 1.47 bits per heavy atom. The first-order valence-electron chi connectivity index (χ1n) is 4.19. The summed E-state index contributed by atoms with van der Waals surface area (Å²) in [6, 6.07) is 6.54. The lowest BCUT2D eigenvalue weighted by Gasteiger charge is -2.14. The van der Waals surface area contributed by atoms with E-state index in [4.69, 9.17) is 10.00 Å². The molecule has 0 aliphatic heterocycles. The highest BCUT2D eigenvalue weighted by atomic mass is 79.9. The van der Waals surface area contributed by atoms with Crippen molar-refractivity contribution in [3.05, 3.63) is 28.2 Å². The molecule has 0 radical (unpaired) electrons. The quantitative estimate of drug-likeness (QED) is 0.848. The number of ether oxygens (including phenoxy) is 1. The third-order valence-electron chi connectivity index (χ3n) is 1.73. The zero-order valence-corrected chi connectivity index (χ0v) is 9.46. The average molecular weight is 276 g/mol. The number of alkyl halides is 2. The summed E-state index contributed by atoms with van der Waals surface area (Å²) in [5, 5.41) is 8.73. The molecule has 15 heavy (non-hydrogen) atoms. The average Bonchev–Trinajstić information content (AvgIpc) is 2.18. The van der Waals surface area contributed by atoms with E-state index in [1.165, 1.54) is 19.1 Å². The van der Waals surface area contributed by atoms with Crippen molar-refractivity contribution >= 4 is 15.9 Å². The third kappa shape index (κ3) is 3.17. The molecule has 1 rings (SSSR count). The molecular formula is C10H8BrF2NO. The van der Waals surface area contributed by atoms with Gasteiger partial charge in [-0.1, -0.05) is 15.9 Å². The Balaban J connectivity index is 2.93. The minimum atomic E-state index is -2.57.